The van der Waals surface area contributed by atoms with E-state index in [1.54, 1.807) is 19.1 Å². The Labute approximate surface area is 204 Å². The molecule has 4 rings (SSSR count). The third-order valence-electron chi connectivity index (χ3n) is 6.20. The summed E-state index contributed by atoms with van der Waals surface area (Å²) in [5, 5.41) is 0.856. The number of aromatic nitrogens is 1. The topological polar surface area (TPSA) is 90.1 Å². The Hall–Kier alpha value is -3.52. The van der Waals surface area contributed by atoms with Gasteiger partial charge < -0.3 is 28.8 Å². The number of hydrogen-bond acceptors (Lipinski definition) is 6. The fourth-order valence-electron chi connectivity index (χ4n) is 4.35. The molecule has 3 aromatic rings. The highest BCUT2D eigenvalue weighted by molar-refractivity contribution is 5.82. The summed E-state index contributed by atoms with van der Waals surface area (Å²) >= 11 is 0. The summed E-state index contributed by atoms with van der Waals surface area (Å²) in [7, 11) is 3.19. The molecule has 0 radical (unpaired) electrons. The van der Waals surface area contributed by atoms with Gasteiger partial charge in [0.25, 0.3) is 11.5 Å². The SMILES string of the molecule is CCOc1ccc2[nH]c(=O)c(CN(CCc3ccc(OC)c(OC)c3)C(=O)[C@@H]3CCCO3)cc2c1. The molecule has 1 amide bonds. The maximum absolute atomic E-state index is 13.3. The van der Waals surface area contributed by atoms with Crippen LogP contribution in [0.2, 0.25) is 0 Å². The minimum atomic E-state index is -0.468. The number of amides is 1. The van der Waals surface area contributed by atoms with Crippen LogP contribution in [0.3, 0.4) is 0 Å². The Morgan fingerprint density at radius 1 is 1.11 bits per heavy atom. The number of carbonyl (C=O) groups is 1. The number of aromatic amines is 1. The summed E-state index contributed by atoms with van der Waals surface area (Å²) in [4.78, 5) is 30.8. The maximum Gasteiger partial charge on any atom is 0.253 e. The van der Waals surface area contributed by atoms with Crippen LogP contribution in [0.1, 0.15) is 30.9 Å². The molecule has 1 N–H and O–H groups in total. The second-order valence-electron chi connectivity index (χ2n) is 8.51. The molecular formula is C27H32N2O6. The van der Waals surface area contributed by atoms with Crippen molar-refractivity contribution in [2.45, 2.75) is 38.8 Å². The zero-order chi connectivity index (χ0) is 24.8. The predicted octanol–water partition coefficient (Wildman–Crippen LogP) is 3.69. The highest BCUT2D eigenvalue weighted by Gasteiger charge is 2.28. The number of nitrogens with one attached hydrogen (secondary N) is 1. The normalized spacial score (nSPS) is 15.2. The van der Waals surface area contributed by atoms with Gasteiger partial charge in [0.05, 0.1) is 27.4 Å². The van der Waals surface area contributed by atoms with E-state index in [4.69, 9.17) is 18.9 Å². The lowest BCUT2D eigenvalue weighted by Crippen LogP contribution is -2.40. The fourth-order valence-corrected chi connectivity index (χ4v) is 4.35. The summed E-state index contributed by atoms with van der Waals surface area (Å²) in [6.45, 7) is 3.69. The van der Waals surface area contributed by atoms with E-state index in [-0.39, 0.29) is 18.0 Å². The van der Waals surface area contributed by atoms with Crippen molar-refractivity contribution in [2.75, 3.05) is 34.0 Å². The predicted molar refractivity (Wildman–Crippen MR) is 133 cm³/mol. The Kier molecular flexibility index (Phi) is 7.92. The van der Waals surface area contributed by atoms with Crippen LogP contribution >= 0.6 is 0 Å². The summed E-state index contributed by atoms with van der Waals surface area (Å²) in [6, 6.07) is 13.1. The molecule has 1 aliphatic rings. The number of rotatable bonds is 10. The number of nitrogens with zero attached hydrogens (tertiary/aromatic N) is 1. The molecule has 0 bridgehead atoms. The number of H-pyrrole nitrogens is 1. The summed E-state index contributed by atoms with van der Waals surface area (Å²) in [6.07, 6.45) is 1.68. The lowest BCUT2D eigenvalue weighted by atomic mass is 10.1. The molecule has 1 atom stereocenters. The number of methoxy groups -OCH3 is 2. The standard InChI is InChI=1S/C27H32N2O6/c1-4-34-21-8-9-22-19(16-21)15-20(26(30)28-22)17-29(27(31)24-6-5-13-35-24)12-11-18-7-10-23(32-2)25(14-18)33-3/h7-10,14-16,24H,4-6,11-13,17H2,1-3H3,(H,28,30)/t24-/m0/s1. The first kappa shape index (κ1) is 24.6. The van der Waals surface area contributed by atoms with Crippen LogP contribution in [0.4, 0.5) is 0 Å². The van der Waals surface area contributed by atoms with Gasteiger partial charge in [0.2, 0.25) is 0 Å². The Balaban J connectivity index is 1.59. The van der Waals surface area contributed by atoms with Gasteiger partial charge in [-0.05, 0) is 68.1 Å². The number of pyridine rings is 1. The number of hydrogen-bond donors (Lipinski definition) is 1. The first-order chi connectivity index (χ1) is 17.0. The minimum absolute atomic E-state index is 0.0921. The summed E-state index contributed by atoms with van der Waals surface area (Å²) in [5.41, 5.74) is 2.04. The number of ether oxygens (including phenoxy) is 4. The Morgan fingerprint density at radius 3 is 2.66 bits per heavy atom. The quantitative estimate of drug-likeness (QED) is 0.476. The van der Waals surface area contributed by atoms with Crippen molar-refractivity contribution < 1.29 is 23.7 Å². The van der Waals surface area contributed by atoms with E-state index in [1.807, 2.05) is 49.4 Å². The van der Waals surface area contributed by atoms with Gasteiger partial charge in [-0.25, -0.2) is 0 Å². The van der Waals surface area contributed by atoms with Gasteiger partial charge in [0.15, 0.2) is 11.5 Å². The smallest absolute Gasteiger partial charge is 0.253 e. The zero-order valence-corrected chi connectivity index (χ0v) is 20.5. The van der Waals surface area contributed by atoms with Crippen LogP contribution in [0.5, 0.6) is 17.2 Å². The maximum atomic E-state index is 13.3. The van der Waals surface area contributed by atoms with Crippen LogP contribution < -0.4 is 19.8 Å². The third-order valence-corrected chi connectivity index (χ3v) is 6.20. The van der Waals surface area contributed by atoms with Crippen LogP contribution in [0, 0.1) is 0 Å². The van der Waals surface area contributed by atoms with Crippen LogP contribution in [-0.4, -0.2) is 55.9 Å². The lowest BCUT2D eigenvalue weighted by molar-refractivity contribution is -0.141. The van der Waals surface area contributed by atoms with Crippen LogP contribution in [-0.2, 0) is 22.5 Å². The van der Waals surface area contributed by atoms with E-state index in [2.05, 4.69) is 4.98 Å². The minimum Gasteiger partial charge on any atom is -0.494 e. The molecule has 186 valence electrons. The van der Waals surface area contributed by atoms with Crippen molar-refractivity contribution in [1.82, 2.24) is 9.88 Å². The van der Waals surface area contributed by atoms with Crippen molar-refractivity contribution in [1.29, 1.82) is 0 Å². The molecule has 0 unspecified atom stereocenters. The summed E-state index contributed by atoms with van der Waals surface area (Å²) in [5.74, 6) is 1.93. The largest absolute Gasteiger partial charge is 0.494 e. The molecule has 1 aromatic heterocycles. The van der Waals surface area contributed by atoms with E-state index in [0.29, 0.717) is 49.7 Å². The monoisotopic (exact) mass is 480 g/mol. The third kappa shape index (κ3) is 5.77. The molecular weight excluding hydrogens is 448 g/mol. The zero-order valence-electron chi connectivity index (χ0n) is 20.5. The molecule has 2 aromatic carbocycles. The first-order valence-corrected chi connectivity index (χ1v) is 11.9. The highest BCUT2D eigenvalue weighted by Crippen LogP contribution is 2.28. The van der Waals surface area contributed by atoms with Crippen LogP contribution in [0.15, 0.2) is 47.3 Å². The summed E-state index contributed by atoms with van der Waals surface area (Å²) < 4.78 is 22.0. The fraction of sp³-hybridized carbons (Fsp3) is 0.407. The highest BCUT2D eigenvalue weighted by atomic mass is 16.5. The molecule has 1 saturated heterocycles. The average Bonchev–Trinajstić information content (AvgIpc) is 3.41. The van der Waals surface area contributed by atoms with Gasteiger partial charge in [-0.15, -0.1) is 0 Å². The van der Waals surface area contributed by atoms with Gasteiger partial charge >= 0.3 is 0 Å². The molecule has 0 aliphatic carbocycles. The van der Waals surface area contributed by atoms with Crippen molar-refractivity contribution in [3.8, 4) is 17.2 Å². The molecule has 0 saturated carbocycles. The second kappa shape index (κ2) is 11.3. The van der Waals surface area contributed by atoms with Crippen molar-refractivity contribution in [3.05, 3.63) is 63.9 Å². The van der Waals surface area contributed by atoms with Crippen molar-refractivity contribution >= 4 is 16.8 Å². The Morgan fingerprint density at radius 2 is 1.94 bits per heavy atom. The molecule has 1 fully saturated rings. The van der Waals surface area contributed by atoms with Gasteiger partial charge in [-0.3, -0.25) is 9.59 Å². The van der Waals surface area contributed by atoms with E-state index >= 15 is 0 Å². The van der Waals surface area contributed by atoms with E-state index in [1.165, 1.54) is 0 Å². The van der Waals surface area contributed by atoms with Gasteiger partial charge in [-0.1, -0.05) is 6.07 Å². The van der Waals surface area contributed by atoms with Crippen molar-refractivity contribution in [3.63, 3.8) is 0 Å². The molecule has 35 heavy (non-hydrogen) atoms. The molecule has 0 spiro atoms. The molecule has 8 heteroatoms. The van der Waals surface area contributed by atoms with Crippen LogP contribution in [0.25, 0.3) is 10.9 Å². The lowest BCUT2D eigenvalue weighted by Gasteiger charge is -2.25. The van der Waals surface area contributed by atoms with Gasteiger partial charge in [0, 0.05) is 29.6 Å². The van der Waals surface area contributed by atoms with E-state index in [0.717, 1.165) is 28.6 Å². The second-order valence-corrected chi connectivity index (χ2v) is 8.51. The first-order valence-electron chi connectivity index (χ1n) is 11.9. The van der Waals surface area contributed by atoms with Gasteiger partial charge in [-0.2, -0.15) is 0 Å². The molecule has 8 nitrogen and oxygen atoms in total. The average molecular weight is 481 g/mol. The number of benzene rings is 2. The van der Waals surface area contributed by atoms with Gasteiger partial charge in [0.1, 0.15) is 11.9 Å². The van der Waals surface area contributed by atoms with E-state index in [9.17, 15) is 9.59 Å². The van der Waals surface area contributed by atoms with Crippen molar-refractivity contribution in [2.24, 2.45) is 0 Å². The molecule has 2 heterocycles. The van der Waals surface area contributed by atoms with E-state index < -0.39 is 6.10 Å². The Bertz CT molecular complexity index is 1230. The molecule has 1 aliphatic heterocycles. The number of fused-ring (bicyclic) bond motifs is 1. The number of carbonyl (C=O) groups excluding carboxylic acids is 1.